The molecule has 144 valence electrons. The van der Waals surface area contributed by atoms with E-state index in [0.29, 0.717) is 62.6 Å². The van der Waals surface area contributed by atoms with Crippen molar-refractivity contribution in [1.29, 1.82) is 5.26 Å². The number of nitrogens with zero attached hydrogens (tertiary/aromatic N) is 5. The number of carbonyl (C=O) groups excluding carboxylic acids is 2. The minimum Gasteiger partial charge on any atom is -0.339 e. The fraction of sp³-hybridized carbons (Fsp3) is 0.381. The summed E-state index contributed by atoms with van der Waals surface area (Å²) >= 11 is 0. The molecule has 2 heterocycles. The van der Waals surface area contributed by atoms with Crippen molar-refractivity contribution < 1.29 is 9.59 Å². The minimum atomic E-state index is 0.0723. The molecule has 0 bridgehead atoms. The quantitative estimate of drug-likeness (QED) is 0.718. The Balaban J connectivity index is 1.46. The van der Waals surface area contributed by atoms with E-state index in [0.717, 1.165) is 5.69 Å². The second-order valence-electron chi connectivity index (χ2n) is 6.82. The van der Waals surface area contributed by atoms with E-state index in [4.69, 9.17) is 5.26 Å². The molecule has 0 radical (unpaired) electrons. The van der Waals surface area contributed by atoms with Crippen molar-refractivity contribution in [3.63, 3.8) is 0 Å². The largest absolute Gasteiger partial charge is 0.339 e. The predicted molar refractivity (Wildman–Crippen MR) is 105 cm³/mol. The van der Waals surface area contributed by atoms with Gasteiger partial charge in [0, 0.05) is 50.3 Å². The topological polar surface area (TPSA) is 90.2 Å². The molecule has 2 aromatic rings. The van der Waals surface area contributed by atoms with Crippen LogP contribution in [0.5, 0.6) is 0 Å². The lowest BCUT2D eigenvalue weighted by atomic mass is 10.1. The number of aryl methyl sites for hydroxylation is 1. The number of piperazine rings is 1. The van der Waals surface area contributed by atoms with Crippen LogP contribution in [0.15, 0.2) is 36.4 Å². The Kier molecular flexibility index (Phi) is 6.33. The number of rotatable bonds is 6. The van der Waals surface area contributed by atoms with Crippen molar-refractivity contribution in [2.45, 2.75) is 26.2 Å². The fourth-order valence-corrected chi connectivity index (χ4v) is 3.23. The van der Waals surface area contributed by atoms with Crippen LogP contribution < -0.4 is 4.90 Å². The van der Waals surface area contributed by atoms with Gasteiger partial charge in [0.15, 0.2) is 5.78 Å². The van der Waals surface area contributed by atoms with Crippen molar-refractivity contribution in [2.75, 3.05) is 31.1 Å². The van der Waals surface area contributed by atoms with E-state index in [9.17, 15) is 9.59 Å². The van der Waals surface area contributed by atoms with Gasteiger partial charge < -0.3 is 9.80 Å². The molecular weight excluding hydrogens is 354 g/mol. The summed E-state index contributed by atoms with van der Waals surface area (Å²) in [5.41, 5.74) is 1.80. The normalized spacial score (nSPS) is 13.9. The van der Waals surface area contributed by atoms with Gasteiger partial charge in [0.2, 0.25) is 11.9 Å². The van der Waals surface area contributed by atoms with Crippen LogP contribution in [0.3, 0.4) is 0 Å². The number of hydrogen-bond donors (Lipinski definition) is 0. The molecule has 7 nitrogen and oxygen atoms in total. The average molecular weight is 377 g/mol. The van der Waals surface area contributed by atoms with Gasteiger partial charge in [0.05, 0.1) is 0 Å². The first-order valence-corrected chi connectivity index (χ1v) is 9.43. The summed E-state index contributed by atoms with van der Waals surface area (Å²) < 4.78 is 0. The predicted octanol–water partition coefficient (Wildman–Crippen LogP) is 2.36. The number of benzene rings is 1. The summed E-state index contributed by atoms with van der Waals surface area (Å²) in [6, 6.07) is 12.9. The summed E-state index contributed by atoms with van der Waals surface area (Å²) in [5, 5.41) is 9.06. The van der Waals surface area contributed by atoms with E-state index < -0.39 is 0 Å². The number of anilines is 1. The molecule has 7 heteroatoms. The van der Waals surface area contributed by atoms with Gasteiger partial charge >= 0.3 is 0 Å². The summed E-state index contributed by atoms with van der Waals surface area (Å²) in [5.74, 6) is 0.684. The third kappa shape index (κ3) is 4.92. The van der Waals surface area contributed by atoms with Crippen molar-refractivity contribution in [2.24, 2.45) is 0 Å². The van der Waals surface area contributed by atoms with Crippen LogP contribution >= 0.6 is 0 Å². The summed E-state index contributed by atoms with van der Waals surface area (Å²) in [6.07, 6.45) is 1.31. The van der Waals surface area contributed by atoms with E-state index in [1.54, 1.807) is 18.2 Å². The highest BCUT2D eigenvalue weighted by Crippen LogP contribution is 2.14. The molecular formula is C21H23N5O2. The number of hydrogen-bond acceptors (Lipinski definition) is 6. The lowest BCUT2D eigenvalue weighted by Gasteiger charge is -2.35. The standard InChI is InChI=1S/C21H23N5O2/c1-16-14-18(15-22)24-21(23-16)26-12-10-25(11-13-26)20(28)9-5-8-19(27)17-6-3-2-4-7-17/h2-4,6-7,14H,5,8-13H2,1H3. The van der Waals surface area contributed by atoms with E-state index in [-0.39, 0.29) is 11.7 Å². The van der Waals surface area contributed by atoms with E-state index in [1.165, 1.54) is 0 Å². The SMILES string of the molecule is Cc1cc(C#N)nc(N2CCN(C(=O)CCCC(=O)c3ccccc3)CC2)n1. The van der Waals surface area contributed by atoms with Crippen molar-refractivity contribution in [3.05, 3.63) is 53.3 Å². The molecule has 0 N–H and O–H groups in total. The lowest BCUT2D eigenvalue weighted by Crippen LogP contribution is -2.49. The molecule has 1 aliphatic rings. The highest BCUT2D eigenvalue weighted by molar-refractivity contribution is 5.96. The Morgan fingerprint density at radius 2 is 1.79 bits per heavy atom. The van der Waals surface area contributed by atoms with Crippen molar-refractivity contribution >= 4 is 17.6 Å². The number of aromatic nitrogens is 2. The second kappa shape index (κ2) is 9.09. The molecule has 1 aliphatic heterocycles. The molecule has 1 aromatic heterocycles. The van der Waals surface area contributed by atoms with Crippen molar-refractivity contribution in [3.8, 4) is 6.07 Å². The maximum absolute atomic E-state index is 12.4. The molecule has 28 heavy (non-hydrogen) atoms. The van der Waals surface area contributed by atoms with E-state index >= 15 is 0 Å². The van der Waals surface area contributed by atoms with Crippen LogP contribution in [0, 0.1) is 18.3 Å². The van der Waals surface area contributed by atoms with Gasteiger partial charge in [-0.15, -0.1) is 0 Å². The Hall–Kier alpha value is -3.27. The average Bonchev–Trinajstić information content (AvgIpc) is 2.73. The lowest BCUT2D eigenvalue weighted by molar-refractivity contribution is -0.131. The zero-order chi connectivity index (χ0) is 19.9. The molecule has 3 rings (SSSR count). The number of nitriles is 1. The van der Waals surface area contributed by atoms with Crippen LogP contribution in [-0.2, 0) is 4.79 Å². The maximum Gasteiger partial charge on any atom is 0.226 e. The number of carbonyl (C=O) groups is 2. The third-order valence-corrected chi connectivity index (χ3v) is 4.76. The highest BCUT2D eigenvalue weighted by Gasteiger charge is 2.23. The Morgan fingerprint density at radius 1 is 1.07 bits per heavy atom. The number of ketones is 1. The minimum absolute atomic E-state index is 0.0723. The molecule has 0 unspecified atom stereocenters. The molecule has 1 fully saturated rings. The molecule has 0 atom stereocenters. The van der Waals surface area contributed by atoms with Gasteiger partial charge in [-0.2, -0.15) is 5.26 Å². The van der Waals surface area contributed by atoms with Gasteiger partial charge in [-0.25, -0.2) is 9.97 Å². The first kappa shape index (κ1) is 19.5. The van der Waals surface area contributed by atoms with Gasteiger partial charge in [-0.1, -0.05) is 30.3 Å². The maximum atomic E-state index is 12.4. The summed E-state index contributed by atoms with van der Waals surface area (Å²) in [7, 11) is 0. The summed E-state index contributed by atoms with van der Waals surface area (Å²) in [6.45, 7) is 4.27. The first-order chi connectivity index (χ1) is 13.6. The highest BCUT2D eigenvalue weighted by atomic mass is 16.2. The Labute approximate surface area is 164 Å². The Morgan fingerprint density at radius 3 is 2.46 bits per heavy atom. The van der Waals surface area contributed by atoms with Gasteiger partial charge in [0.1, 0.15) is 11.8 Å². The van der Waals surface area contributed by atoms with Crippen LogP contribution in [0.4, 0.5) is 5.95 Å². The first-order valence-electron chi connectivity index (χ1n) is 9.43. The number of Topliss-reactive ketones (excluding diaryl/α,β-unsaturated/α-hetero) is 1. The molecule has 0 spiro atoms. The third-order valence-electron chi connectivity index (χ3n) is 4.76. The van der Waals surface area contributed by atoms with Crippen LogP contribution in [0.1, 0.15) is 41.0 Å². The molecule has 0 aliphatic carbocycles. The smallest absolute Gasteiger partial charge is 0.226 e. The van der Waals surface area contributed by atoms with E-state index in [1.807, 2.05) is 41.0 Å². The Bertz CT molecular complexity index is 883. The van der Waals surface area contributed by atoms with Gasteiger partial charge in [-0.3, -0.25) is 9.59 Å². The van der Waals surface area contributed by atoms with Crippen LogP contribution in [0.25, 0.3) is 0 Å². The molecule has 1 amide bonds. The zero-order valence-electron chi connectivity index (χ0n) is 16.0. The second-order valence-corrected chi connectivity index (χ2v) is 6.82. The summed E-state index contributed by atoms with van der Waals surface area (Å²) in [4.78, 5) is 37.0. The van der Waals surface area contributed by atoms with Crippen molar-refractivity contribution in [1.82, 2.24) is 14.9 Å². The van der Waals surface area contributed by atoms with Gasteiger partial charge in [-0.05, 0) is 19.4 Å². The zero-order valence-corrected chi connectivity index (χ0v) is 16.0. The molecule has 1 aromatic carbocycles. The van der Waals surface area contributed by atoms with Crippen LogP contribution in [0.2, 0.25) is 0 Å². The fourth-order valence-electron chi connectivity index (χ4n) is 3.23. The monoisotopic (exact) mass is 377 g/mol. The van der Waals surface area contributed by atoms with E-state index in [2.05, 4.69) is 9.97 Å². The molecule has 1 saturated heterocycles. The van der Waals surface area contributed by atoms with Crippen LogP contribution in [-0.4, -0.2) is 52.7 Å². The number of amides is 1. The van der Waals surface area contributed by atoms with Gasteiger partial charge in [0.25, 0.3) is 0 Å². The molecule has 0 saturated carbocycles.